The van der Waals surface area contributed by atoms with Gasteiger partial charge in [0.25, 0.3) is 0 Å². The van der Waals surface area contributed by atoms with Gasteiger partial charge in [0.05, 0.1) is 28.8 Å². The zero-order valence-corrected chi connectivity index (χ0v) is 24.4. The van der Waals surface area contributed by atoms with E-state index in [1.54, 1.807) is 19.1 Å². The lowest BCUT2D eigenvalue weighted by atomic mass is 9.87. The fraction of sp³-hybridized carbons (Fsp3) is 0.207. The van der Waals surface area contributed by atoms with Crippen LogP contribution < -0.4 is 15.1 Å². The number of thiazole rings is 1. The van der Waals surface area contributed by atoms with Gasteiger partial charge < -0.3 is 10.1 Å². The Balaban J connectivity index is 1.30. The van der Waals surface area contributed by atoms with Gasteiger partial charge in [-0.05, 0) is 66.9 Å². The Kier molecular flexibility index (Phi) is 7.56. The normalized spacial score (nSPS) is 19.4. The lowest BCUT2D eigenvalue weighted by molar-refractivity contribution is -0.122. The van der Waals surface area contributed by atoms with Gasteiger partial charge in [0.1, 0.15) is 17.6 Å². The minimum absolute atomic E-state index is 0.244. The van der Waals surface area contributed by atoms with E-state index in [2.05, 4.69) is 5.32 Å². The van der Waals surface area contributed by atoms with E-state index in [1.165, 1.54) is 52.3 Å². The Labute approximate surface area is 250 Å². The van der Waals surface area contributed by atoms with Crippen LogP contribution in [0.4, 0.5) is 15.8 Å². The van der Waals surface area contributed by atoms with Crippen molar-refractivity contribution in [2.45, 2.75) is 29.7 Å². The first kappa shape index (κ1) is 28.1. The van der Waals surface area contributed by atoms with E-state index in [-0.39, 0.29) is 23.7 Å². The summed E-state index contributed by atoms with van der Waals surface area (Å²) >= 11 is 3.49. The van der Waals surface area contributed by atoms with Crippen molar-refractivity contribution in [2.24, 2.45) is 5.92 Å². The second kappa shape index (κ2) is 11.3. The molecule has 0 saturated carbocycles. The molecule has 2 aliphatic rings. The van der Waals surface area contributed by atoms with Crippen LogP contribution >= 0.6 is 34.4 Å². The third-order valence-electron chi connectivity index (χ3n) is 6.97. The van der Waals surface area contributed by atoms with Crippen LogP contribution in [0.1, 0.15) is 33.0 Å². The molecule has 0 spiro atoms. The van der Waals surface area contributed by atoms with E-state index in [9.17, 15) is 28.4 Å². The van der Waals surface area contributed by atoms with Gasteiger partial charge in [0, 0.05) is 21.4 Å². The van der Waals surface area contributed by atoms with Crippen LogP contribution in [0.25, 0.3) is 0 Å². The number of thioether (sulfide) groups is 1. The number of hydrogen-bond donors (Lipinski definition) is 1. The van der Waals surface area contributed by atoms with Crippen molar-refractivity contribution in [2.75, 3.05) is 16.8 Å². The maximum Gasteiger partial charge on any atom is 0.338 e. The smallest absolute Gasteiger partial charge is 0.338 e. The van der Waals surface area contributed by atoms with Gasteiger partial charge in [0.2, 0.25) is 17.7 Å². The molecule has 0 radical (unpaired) electrons. The summed E-state index contributed by atoms with van der Waals surface area (Å²) in [5, 5.41) is 4.24. The molecule has 1 saturated heterocycles. The third-order valence-corrected chi connectivity index (χ3v) is 10.5. The number of carbonyl (C=O) groups excluding carboxylic acids is 4. The summed E-state index contributed by atoms with van der Waals surface area (Å²) in [6.07, 6.45) is 0. The Morgan fingerprint density at radius 3 is 2.40 bits per heavy atom. The highest BCUT2D eigenvalue weighted by atomic mass is 32.2. The van der Waals surface area contributed by atoms with Crippen molar-refractivity contribution in [1.82, 2.24) is 4.57 Å². The van der Waals surface area contributed by atoms with Gasteiger partial charge in [-0.15, -0.1) is 11.3 Å². The number of ether oxygens (including phenoxy) is 1. The summed E-state index contributed by atoms with van der Waals surface area (Å²) in [6.45, 7) is 1.64. The van der Waals surface area contributed by atoms with Crippen molar-refractivity contribution in [3.05, 3.63) is 96.8 Å². The first-order chi connectivity index (χ1) is 20.3. The topological polar surface area (TPSA) is 115 Å². The molecule has 2 aliphatic heterocycles. The largest absolute Gasteiger partial charge is 0.462 e. The van der Waals surface area contributed by atoms with E-state index < -0.39 is 46.6 Å². The number of esters is 1. The molecule has 9 nitrogen and oxygen atoms in total. The zero-order chi connectivity index (χ0) is 29.5. The Morgan fingerprint density at radius 1 is 1.00 bits per heavy atom. The molecule has 13 heteroatoms. The van der Waals surface area contributed by atoms with E-state index in [1.807, 2.05) is 17.5 Å². The average molecular weight is 624 g/mol. The molecular weight excluding hydrogens is 602 g/mol. The third kappa shape index (κ3) is 4.97. The maximum atomic E-state index is 13.8. The Hall–Kier alpha value is -4.07. The number of anilines is 2. The van der Waals surface area contributed by atoms with Gasteiger partial charge in [-0.2, -0.15) is 0 Å². The van der Waals surface area contributed by atoms with Crippen molar-refractivity contribution >= 4 is 69.5 Å². The number of nitrogens with one attached hydrogen (secondary N) is 1. The Bertz CT molecular complexity index is 1750. The van der Waals surface area contributed by atoms with Gasteiger partial charge in [-0.25, -0.2) is 14.1 Å². The first-order valence-corrected chi connectivity index (χ1v) is 15.5. The quantitative estimate of drug-likeness (QED) is 0.234. The summed E-state index contributed by atoms with van der Waals surface area (Å²) < 4.78 is 19.9. The minimum Gasteiger partial charge on any atom is -0.462 e. The lowest BCUT2D eigenvalue weighted by Gasteiger charge is -2.29. The number of nitrogens with zero attached hydrogens (tertiary/aromatic N) is 2. The second-order valence-electron chi connectivity index (χ2n) is 9.52. The highest BCUT2D eigenvalue weighted by Crippen LogP contribution is 2.54. The van der Waals surface area contributed by atoms with Gasteiger partial charge in [-0.3, -0.25) is 23.7 Å². The fourth-order valence-corrected chi connectivity index (χ4v) is 8.84. The van der Waals surface area contributed by atoms with Gasteiger partial charge >= 0.3 is 10.8 Å². The summed E-state index contributed by atoms with van der Waals surface area (Å²) in [5.74, 6) is -3.61. The van der Waals surface area contributed by atoms with Crippen molar-refractivity contribution in [3.63, 3.8) is 0 Å². The average Bonchev–Trinajstić information content (AvgIpc) is 3.67. The molecule has 3 atom stereocenters. The number of fused-ring (bicyclic) bond motifs is 2. The number of aromatic nitrogens is 1. The Morgan fingerprint density at radius 2 is 1.74 bits per heavy atom. The van der Waals surface area contributed by atoms with Gasteiger partial charge in [0.15, 0.2) is 0 Å². The molecule has 1 N–H and O–H groups in total. The van der Waals surface area contributed by atoms with Gasteiger partial charge in [-0.1, -0.05) is 29.2 Å². The number of rotatable bonds is 7. The zero-order valence-electron chi connectivity index (χ0n) is 21.9. The number of amides is 3. The molecule has 6 rings (SSSR count). The second-order valence-corrected chi connectivity index (χ2v) is 12.6. The van der Waals surface area contributed by atoms with E-state index in [4.69, 9.17) is 4.74 Å². The van der Waals surface area contributed by atoms with Crippen molar-refractivity contribution in [1.29, 1.82) is 0 Å². The molecule has 214 valence electrons. The molecule has 2 aromatic carbocycles. The molecule has 4 heterocycles. The van der Waals surface area contributed by atoms with E-state index >= 15 is 0 Å². The van der Waals surface area contributed by atoms with Crippen LogP contribution in [-0.4, -0.2) is 40.1 Å². The van der Waals surface area contributed by atoms with Crippen LogP contribution in [0.15, 0.2) is 75.9 Å². The molecule has 1 fully saturated rings. The predicted molar refractivity (Wildman–Crippen MR) is 158 cm³/mol. The molecule has 42 heavy (non-hydrogen) atoms. The van der Waals surface area contributed by atoms with Crippen LogP contribution in [-0.2, 0) is 25.7 Å². The maximum absolute atomic E-state index is 13.8. The fourth-order valence-electron chi connectivity index (χ4n) is 5.12. The first-order valence-electron chi connectivity index (χ1n) is 12.9. The summed E-state index contributed by atoms with van der Waals surface area (Å²) in [7, 11) is 0. The molecule has 0 aliphatic carbocycles. The van der Waals surface area contributed by atoms with E-state index in [0.29, 0.717) is 21.2 Å². The van der Waals surface area contributed by atoms with Crippen LogP contribution in [0, 0.1) is 11.7 Å². The molecule has 0 bridgehead atoms. The molecule has 3 amide bonds. The summed E-state index contributed by atoms with van der Waals surface area (Å²) in [4.78, 5) is 67.7. The van der Waals surface area contributed by atoms with Crippen LogP contribution in [0.2, 0.25) is 0 Å². The highest BCUT2D eigenvalue weighted by molar-refractivity contribution is 8.00. The molecule has 2 aromatic heterocycles. The van der Waals surface area contributed by atoms with Crippen LogP contribution in [0.3, 0.4) is 0 Å². The predicted octanol–water partition coefficient (Wildman–Crippen LogP) is 4.72. The number of thiophene rings is 1. The number of hydrogen-bond acceptors (Lipinski definition) is 9. The lowest BCUT2D eigenvalue weighted by Crippen LogP contribution is -2.32. The molecule has 0 unspecified atom stereocenters. The number of imide groups is 1. The number of carbonyl (C=O) groups is 4. The van der Waals surface area contributed by atoms with Crippen LogP contribution in [0.5, 0.6) is 0 Å². The monoisotopic (exact) mass is 623 g/mol. The van der Waals surface area contributed by atoms with E-state index in [0.717, 1.165) is 32.9 Å². The molecule has 4 aromatic rings. The number of benzene rings is 2. The standard InChI is InChI=1S/C29H22FN3O6S3/c1-2-39-28(37)15-5-9-17(10-6-15)31-20(34)14-32-27-24(42-29(32)38)21(19-4-3-13-40-19)22-23(41-27)26(36)33(25(22)35)18-11-7-16(30)8-12-18/h3-13,21-23H,2,14H2,1H3,(H,31,34)/t21-,22-,23+/m0/s1. The summed E-state index contributed by atoms with van der Waals surface area (Å²) in [5.41, 5.74) is 1.05. The SMILES string of the molecule is CCOC(=O)c1ccc(NC(=O)Cn2c3c(sc2=O)[C@@H](c2cccs2)[C@@H]2C(=O)N(c4ccc(F)cc4)C(=O)[C@@H]2S3)cc1. The van der Waals surface area contributed by atoms with Crippen molar-refractivity contribution in [3.8, 4) is 0 Å². The molecular formula is C29H22FN3O6S3. The van der Waals surface area contributed by atoms with Crippen molar-refractivity contribution < 1.29 is 28.3 Å². The highest BCUT2D eigenvalue weighted by Gasteiger charge is 2.57. The summed E-state index contributed by atoms with van der Waals surface area (Å²) in [6, 6.07) is 15.1. The number of halogens is 1. The minimum atomic E-state index is -0.833.